The minimum atomic E-state index is -0.732. The number of aromatic hydroxyl groups is 1. The van der Waals surface area contributed by atoms with Crippen LogP contribution in [-0.2, 0) is 6.54 Å². The minimum absolute atomic E-state index is 0.135. The number of carbonyl (C=O) groups is 1. The van der Waals surface area contributed by atoms with Crippen molar-refractivity contribution in [3.8, 4) is 22.9 Å². The number of halogens is 1. The summed E-state index contributed by atoms with van der Waals surface area (Å²) in [5.41, 5.74) is 0.532. The summed E-state index contributed by atoms with van der Waals surface area (Å²) in [7, 11) is 0. The summed E-state index contributed by atoms with van der Waals surface area (Å²) in [6.45, 7) is 0.286. The second-order valence-corrected chi connectivity index (χ2v) is 7.28. The second-order valence-electron chi connectivity index (χ2n) is 6.84. The molecular formula is C21H15ClN4O5. The highest BCUT2D eigenvalue weighted by Crippen LogP contribution is 2.32. The molecule has 1 aliphatic heterocycles. The maximum atomic E-state index is 12.7. The summed E-state index contributed by atoms with van der Waals surface area (Å²) in [4.78, 5) is 27.9. The lowest BCUT2D eigenvalue weighted by Crippen LogP contribution is -2.29. The van der Waals surface area contributed by atoms with Crippen molar-refractivity contribution in [2.24, 2.45) is 0 Å². The molecule has 5 rings (SSSR count). The molecule has 3 heterocycles. The van der Waals surface area contributed by atoms with Gasteiger partial charge in [0.15, 0.2) is 11.5 Å². The van der Waals surface area contributed by atoms with Gasteiger partial charge in [0.1, 0.15) is 17.0 Å². The molecule has 1 amide bonds. The predicted molar refractivity (Wildman–Crippen MR) is 112 cm³/mol. The third-order valence-corrected chi connectivity index (χ3v) is 5.16. The number of pyridine rings is 1. The number of carbonyl (C=O) groups excluding carboxylic acids is 1. The van der Waals surface area contributed by atoms with E-state index in [0.29, 0.717) is 22.2 Å². The van der Waals surface area contributed by atoms with E-state index < -0.39 is 17.2 Å². The molecule has 2 aromatic heterocycles. The zero-order chi connectivity index (χ0) is 21.5. The molecule has 4 aromatic rings. The van der Waals surface area contributed by atoms with Crippen LogP contribution in [0, 0.1) is 0 Å². The average Bonchev–Trinajstić information content (AvgIpc) is 3.39. The Kier molecular flexibility index (Phi) is 4.52. The number of ether oxygens (including phenoxy) is 2. The van der Waals surface area contributed by atoms with Crippen LogP contribution in [0.1, 0.15) is 15.9 Å². The molecule has 0 aliphatic carbocycles. The van der Waals surface area contributed by atoms with Crippen LogP contribution in [0.5, 0.6) is 17.2 Å². The molecule has 9 nitrogen and oxygen atoms in total. The summed E-state index contributed by atoms with van der Waals surface area (Å²) >= 11 is 5.91. The molecule has 0 saturated heterocycles. The standard InChI is InChI=1S/C21H15ClN4O5/c22-12-2-4-13(5-3-12)26-19-14(9-24-26)18(27)17(21(29)25-19)20(28)23-8-11-1-6-15-16(7-11)31-10-30-15/h1-7,9H,8,10H2,(H,23,28)(H2,25,27,29). The molecule has 0 radical (unpaired) electrons. The first-order valence-corrected chi connectivity index (χ1v) is 9.64. The molecule has 156 valence electrons. The van der Waals surface area contributed by atoms with Crippen molar-refractivity contribution in [3.63, 3.8) is 0 Å². The van der Waals surface area contributed by atoms with Gasteiger partial charge in [-0.1, -0.05) is 17.7 Å². The van der Waals surface area contributed by atoms with Gasteiger partial charge < -0.3 is 24.9 Å². The number of benzene rings is 2. The van der Waals surface area contributed by atoms with Gasteiger partial charge in [0.2, 0.25) is 6.79 Å². The fourth-order valence-corrected chi connectivity index (χ4v) is 3.49. The average molecular weight is 439 g/mol. The Balaban J connectivity index is 1.44. The van der Waals surface area contributed by atoms with Crippen LogP contribution in [0.4, 0.5) is 0 Å². The number of H-pyrrole nitrogens is 1. The number of hydrogen-bond donors (Lipinski definition) is 3. The lowest BCUT2D eigenvalue weighted by molar-refractivity contribution is 0.0947. The summed E-state index contributed by atoms with van der Waals surface area (Å²) < 4.78 is 12.0. The lowest BCUT2D eigenvalue weighted by Gasteiger charge is -2.09. The summed E-state index contributed by atoms with van der Waals surface area (Å²) in [5.74, 6) is 0.0653. The van der Waals surface area contributed by atoms with Gasteiger partial charge in [0.05, 0.1) is 17.3 Å². The van der Waals surface area contributed by atoms with E-state index in [2.05, 4.69) is 15.4 Å². The zero-order valence-corrected chi connectivity index (χ0v) is 16.6. The quantitative estimate of drug-likeness (QED) is 0.451. The van der Waals surface area contributed by atoms with Gasteiger partial charge in [0.25, 0.3) is 11.5 Å². The van der Waals surface area contributed by atoms with Gasteiger partial charge in [0, 0.05) is 11.6 Å². The Bertz CT molecular complexity index is 1380. The first-order chi connectivity index (χ1) is 15.0. The van der Waals surface area contributed by atoms with Crippen molar-refractivity contribution in [3.05, 3.63) is 75.2 Å². The molecule has 31 heavy (non-hydrogen) atoms. The van der Waals surface area contributed by atoms with E-state index >= 15 is 0 Å². The molecule has 0 atom stereocenters. The Morgan fingerprint density at radius 2 is 1.97 bits per heavy atom. The van der Waals surface area contributed by atoms with Gasteiger partial charge in [-0.15, -0.1) is 0 Å². The van der Waals surface area contributed by atoms with Crippen molar-refractivity contribution in [2.45, 2.75) is 6.54 Å². The van der Waals surface area contributed by atoms with E-state index in [0.717, 1.165) is 5.56 Å². The summed E-state index contributed by atoms with van der Waals surface area (Å²) in [6, 6.07) is 12.1. The maximum Gasteiger partial charge on any atom is 0.266 e. The van der Waals surface area contributed by atoms with Crippen LogP contribution in [0.15, 0.2) is 53.5 Å². The SMILES string of the molecule is O=C(NCc1ccc2c(c1)OCO2)c1c(O)c2cnn(-c3ccc(Cl)cc3)c2[nH]c1=O. The van der Waals surface area contributed by atoms with Gasteiger partial charge in [-0.2, -0.15) is 5.10 Å². The third-order valence-electron chi connectivity index (χ3n) is 4.91. The largest absolute Gasteiger partial charge is 0.506 e. The lowest BCUT2D eigenvalue weighted by atomic mass is 10.1. The normalized spacial score (nSPS) is 12.3. The van der Waals surface area contributed by atoms with Crippen LogP contribution >= 0.6 is 11.6 Å². The van der Waals surface area contributed by atoms with Crippen molar-refractivity contribution >= 4 is 28.5 Å². The third kappa shape index (κ3) is 3.34. The van der Waals surface area contributed by atoms with E-state index in [9.17, 15) is 14.7 Å². The minimum Gasteiger partial charge on any atom is -0.506 e. The van der Waals surface area contributed by atoms with Crippen LogP contribution in [-0.4, -0.2) is 32.6 Å². The zero-order valence-electron chi connectivity index (χ0n) is 15.9. The smallest absolute Gasteiger partial charge is 0.266 e. The number of aromatic amines is 1. The van der Waals surface area contributed by atoms with Crippen molar-refractivity contribution in [1.82, 2.24) is 20.1 Å². The molecule has 0 unspecified atom stereocenters. The van der Waals surface area contributed by atoms with Gasteiger partial charge >= 0.3 is 0 Å². The van der Waals surface area contributed by atoms with E-state index in [4.69, 9.17) is 21.1 Å². The number of amides is 1. The van der Waals surface area contributed by atoms with E-state index in [1.54, 1.807) is 42.5 Å². The number of rotatable bonds is 4. The first-order valence-electron chi connectivity index (χ1n) is 9.27. The Hall–Kier alpha value is -3.98. The monoisotopic (exact) mass is 438 g/mol. The van der Waals surface area contributed by atoms with Crippen molar-refractivity contribution in [2.75, 3.05) is 6.79 Å². The number of hydrogen-bond acceptors (Lipinski definition) is 6. The molecular weight excluding hydrogens is 424 g/mol. The molecule has 0 saturated carbocycles. The Labute approximate surface area is 179 Å². The number of aromatic nitrogens is 3. The first kappa shape index (κ1) is 19.0. The highest BCUT2D eigenvalue weighted by molar-refractivity contribution is 6.30. The van der Waals surface area contributed by atoms with Crippen molar-refractivity contribution in [1.29, 1.82) is 0 Å². The predicted octanol–water partition coefficient (Wildman–Crippen LogP) is 2.73. The molecule has 1 aliphatic rings. The van der Waals surface area contributed by atoms with E-state index in [1.807, 2.05) is 0 Å². The van der Waals surface area contributed by atoms with Gasteiger partial charge in [-0.25, -0.2) is 4.68 Å². The Morgan fingerprint density at radius 1 is 1.19 bits per heavy atom. The Morgan fingerprint density at radius 3 is 2.77 bits per heavy atom. The van der Waals surface area contributed by atoms with Crippen LogP contribution in [0.2, 0.25) is 5.02 Å². The number of nitrogens with zero attached hydrogens (tertiary/aromatic N) is 2. The highest BCUT2D eigenvalue weighted by Gasteiger charge is 2.22. The van der Waals surface area contributed by atoms with E-state index in [1.165, 1.54) is 10.9 Å². The topological polar surface area (TPSA) is 118 Å². The molecule has 2 aromatic carbocycles. The van der Waals surface area contributed by atoms with E-state index in [-0.39, 0.29) is 29.9 Å². The van der Waals surface area contributed by atoms with Gasteiger partial charge in [-0.3, -0.25) is 9.59 Å². The van der Waals surface area contributed by atoms with Crippen LogP contribution in [0.3, 0.4) is 0 Å². The fourth-order valence-electron chi connectivity index (χ4n) is 3.36. The molecule has 0 fully saturated rings. The summed E-state index contributed by atoms with van der Waals surface area (Å²) in [5, 5.41) is 18.3. The second kappa shape index (κ2) is 7.37. The molecule has 0 spiro atoms. The van der Waals surface area contributed by atoms with Crippen molar-refractivity contribution < 1.29 is 19.4 Å². The fraction of sp³-hybridized carbons (Fsp3) is 0.0952. The highest BCUT2D eigenvalue weighted by atomic mass is 35.5. The van der Waals surface area contributed by atoms with Gasteiger partial charge in [-0.05, 0) is 42.0 Å². The van der Waals surface area contributed by atoms with Crippen LogP contribution < -0.4 is 20.3 Å². The maximum absolute atomic E-state index is 12.7. The molecule has 10 heteroatoms. The molecule has 3 N–H and O–H groups in total. The number of nitrogens with one attached hydrogen (secondary N) is 2. The summed E-state index contributed by atoms with van der Waals surface area (Å²) in [6.07, 6.45) is 1.38. The molecule has 0 bridgehead atoms. The number of fused-ring (bicyclic) bond motifs is 2. The van der Waals surface area contributed by atoms with Crippen LogP contribution in [0.25, 0.3) is 16.7 Å².